The van der Waals surface area contributed by atoms with Crippen LogP contribution in [0.1, 0.15) is 95.2 Å². The van der Waals surface area contributed by atoms with Gasteiger partial charge in [-0.05, 0) is 102 Å². The Bertz CT molecular complexity index is 1140. The maximum atomic E-state index is 9.26. The van der Waals surface area contributed by atoms with E-state index in [1.165, 1.54) is 67.2 Å². The van der Waals surface area contributed by atoms with Gasteiger partial charge >= 0.3 is 0 Å². The van der Waals surface area contributed by atoms with Crippen LogP contribution in [0.3, 0.4) is 0 Å². The van der Waals surface area contributed by atoms with Crippen molar-refractivity contribution in [2.75, 3.05) is 0 Å². The van der Waals surface area contributed by atoms with Crippen LogP contribution in [0, 0.1) is 10.8 Å². The van der Waals surface area contributed by atoms with Crippen LogP contribution in [0.2, 0.25) is 0 Å². The maximum absolute atomic E-state index is 9.26. The van der Waals surface area contributed by atoms with Crippen molar-refractivity contribution in [3.8, 4) is 11.5 Å². The second kappa shape index (κ2) is 12.0. The molecule has 1 unspecified atom stereocenters. The van der Waals surface area contributed by atoms with E-state index >= 15 is 0 Å². The predicted octanol–water partition coefficient (Wildman–Crippen LogP) is 9.94. The van der Waals surface area contributed by atoms with Crippen molar-refractivity contribution in [3.05, 3.63) is 102 Å². The summed E-state index contributed by atoms with van der Waals surface area (Å²) in [6.45, 7) is 9.99. The van der Waals surface area contributed by atoms with E-state index < -0.39 is 0 Å². The van der Waals surface area contributed by atoms with Crippen LogP contribution in [0.15, 0.2) is 84.9 Å². The smallest absolute Gasteiger partial charge is 0.119 e. The molecule has 3 aromatic carbocycles. The topological polar surface area (TPSA) is 29.5 Å². The zero-order valence-corrected chi connectivity index (χ0v) is 23.2. The van der Waals surface area contributed by atoms with Gasteiger partial charge in [0.05, 0.1) is 0 Å². The monoisotopic (exact) mass is 496 g/mol. The van der Waals surface area contributed by atoms with Crippen LogP contribution < -0.4 is 4.74 Å². The minimum absolute atomic E-state index is 0.329. The van der Waals surface area contributed by atoms with E-state index in [2.05, 4.69) is 82.3 Å². The summed E-state index contributed by atoms with van der Waals surface area (Å²) in [5, 5.41) is 9.26. The molecule has 0 spiro atoms. The molecule has 0 radical (unpaired) electrons. The van der Waals surface area contributed by atoms with Crippen molar-refractivity contribution in [3.63, 3.8) is 0 Å². The van der Waals surface area contributed by atoms with E-state index in [4.69, 9.17) is 4.74 Å². The number of phenolic OH excluding ortho intramolecular Hbond substituents is 1. The van der Waals surface area contributed by atoms with Gasteiger partial charge in [0.25, 0.3) is 0 Å². The summed E-state index contributed by atoms with van der Waals surface area (Å²) >= 11 is 0. The number of hydrogen-bond acceptors (Lipinski definition) is 2. The first-order chi connectivity index (χ1) is 17.7. The molecule has 2 aliphatic carbocycles. The lowest BCUT2D eigenvalue weighted by Gasteiger charge is -2.35. The van der Waals surface area contributed by atoms with Gasteiger partial charge in [-0.1, -0.05) is 94.8 Å². The highest BCUT2D eigenvalue weighted by molar-refractivity contribution is 5.67. The van der Waals surface area contributed by atoms with E-state index in [1.54, 1.807) is 12.1 Å². The average Bonchev–Trinajstić information content (AvgIpc) is 2.88. The summed E-state index contributed by atoms with van der Waals surface area (Å²) in [6.07, 6.45) is 11.5. The largest absolute Gasteiger partial charge is 0.508 e. The van der Waals surface area contributed by atoms with Crippen LogP contribution in [0.4, 0.5) is 0 Å². The highest BCUT2D eigenvalue weighted by Gasteiger charge is 2.28. The molecule has 0 heterocycles. The SMILES string of the molecule is CC1(C)C=C(c2ccc(OCc3ccccc3)cc2)CCC1.CC1(C)CCCC(c2ccc(O)cc2)C1. The van der Waals surface area contributed by atoms with E-state index in [0.717, 1.165) is 5.75 Å². The van der Waals surface area contributed by atoms with Gasteiger partial charge in [0.1, 0.15) is 18.1 Å². The Hall–Kier alpha value is -3.00. The Kier molecular flexibility index (Phi) is 8.79. The van der Waals surface area contributed by atoms with Crippen molar-refractivity contribution < 1.29 is 9.84 Å². The molecule has 0 bridgehead atoms. The molecular weight excluding hydrogens is 452 g/mol. The molecule has 5 rings (SSSR count). The number of hydrogen-bond donors (Lipinski definition) is 1. The van der Waals surface area contributed by atoms with E-state index in [0.29, 0.717) is 29.1 Å². The molecule has 2 nitrogen and oxygen atoms in total. The van der Waals surface area contributed by atoms with Crippen LogP contribution in [0.25, 0.3) is 5.57 Å². The van der Waals surface area contributed by atoms with Gasteiger partial charge in [0, 0.05) is 0 Å². The molecule has 1 atom stereocenters. The zero-order valence-electron chi connectivity index (χ0n) is 23.2. The van der Waals surface area contributed by atoms with Crippen molar-refractivity contribution in [2.24, 2.45) is 10.8 Å². The van der Waals surface area contributed by atoms with Gasteiger partial charge in [-0.2, -0.15) is 0 Å². The fraction of sp³-hybridized carbons (Fsp3) is 0.429. The van der Waals surface area contributed by atoms with Gasteiger partial charge in [0.15, 0.2) is 0 Å². The lowest BCUT2D eigenvalue weighted by Crippen LogP contribution is -2.21. The number of aromatic hydroxyl groups is 1. The fourth-order valence-corrected chi connectivity index (χ4v) is 5.81. The molecule has 1 N–H and O–H groups in total. The van der Waals surface area contributed by atoms with Crippen molar-refractivity contribution in [2.45, 2.75) is 85.2 Å². The molecular formula is C35H44O2. The van der Waals surface area contributed by atoms with Crippen LogP contribution in [0.5, 0.6) is 11.5 Å². The Morgan fingerprint density at radius 2 is 1.51 bits per heavy atom. The normalized spacial score (nSPS) is 20.2. The third-order valence-electron chi connectivity index (χ3n) is 7.88. The molecule has 37 heavy (non-hydrogen) atoms. The number of ether oxygens (including phenoxy) is 1. The van der Waals surface area contributed by atoms with Crippen LogP contribution in [-0.4, -0.2) is 5.11 Å². The van der Waals surface area contributed by atoms with Crippen molar-refractivity contribution in [1.82, 2.24) is 0 Å². The zero-order chi connectivity index (χ0) is 26.3. The molecule has 0 aliphatic heterocycles. The Morgan fingerprint density at radius 1 is 0.811 bits per heavy atom. The Balaban J connectivity index is 0.000000186. The number of allylic oxidation sites excluding steroid dienone is 2. The predicted molar refractivity (Wildman–Crippen MR) is 156 cm³/mol. The molecule has 1 saturated carbocycles. The summed E-state index contributed by atoms with van der Waals surface area (Å²) in [4.78, 5) is 0. The molecule has 2 aliphatic rings. The average molecular weight is 497 g/mol. The molecule has 2 heteroatoms. The van der Waals surface area contributed by atoms with Gasteiger partial charge < -0.3 is 9.84 Å². The lowest BCUT2D eigenvalue weighted by atomic mass is 9.70. The van der Waals surface area contributed by atoms with Crippen molar-refractivity contribution in [1.29, 1.82) is 0 Å². The quantitative estimate of drug-likeness (QED) is 0.381. The standard InChI is InChI=1S/C21H24O.C14H20O/c1-21(2)14-6-9-19(15-21)18-10-12-20(13-11-18)22-16-17-7-4-3-5-8-17;1-14(2)9-3-4-12(10-14)11-5-7-13(15)8-6-11/h3-5,7-8,10-13,15H,6,9,14,16H2,1-2H3;5-8,12,15H,3-4,9-10H2,1-2H3. The van der Waals surface area contributed by atoms with Gasteiger partial charge in [-0.3, -0.25) is 0 Å². The first kappa shape index (κ1) is 27.0. The third kappa shape index (κ3) is 8.25. The summed E-state index contributed by atoms with van der Waals surface area (Å²) in [5.41, 5.74) is 6.21. The summed E-state index contributed by atoms with van der Waals surface area (Å²) < 4.78 is 5.86. The number of rotatable bonds is 5. The van der Waals surface area contributed by atoms with Crippen LogP contribution in [-0.2, 0) is 6.61 Å². The molecule has 3 aromatic rings. The molecule has 1 fully saturated rings. The summed E-state index contributed by atoms with van der Waals surface area (Å²) in [7, 11) is 0. The van der Waals surface area contributed by atoms with E-state index in [-0.39, 0.29) is 0 Å². The van der Waals surface area contributed by atoms with E-state index in [9.17, 15) is 5.11 Å². The highest BCUT2D eigenvalue weighted by atomic mass is 16.5. The maximum Gasteiger partial charge on any atom is 0.119 e. The van der Waals surface area contributed by atoms with E-state index in [1.807, 2.05) is 18.2 Å². The van der Waals surface area contributed by atoms with Crippen LogP contribution >= 0.6 is 0 Å². The van der Waals surface area contributed by atoms with Gasteiger partial charge in [-0.25, -0.2) is 0 Å². The summed E-state index contributed by atoms with van der Waals surface area (Å²) in [6, 6.07) is 26.6. The minimum Gasteiger partial charge on any atom is -0.508 e. The fourth-order valence-electron chi connectivity index (χ4n) is 5.81. The Morgan fingerprint density at radius 3 is 2.16 bits per heavy atom. The third-order valence-corrected chi connectivity index (χ3v) is 7.88. The number of phenols is 1. The first-order valence-corrected chi connectivity index (χ1v) is 14.0. The summed E-state index contributed by atoms with van der Waals surface area (Å²) in [5.74, 6) is 1.99. The second-order valence-corrected chi connectivity index (χ2v) is 12.4. The number of benzene rings is 3. The molecule has 196 valence electrons. The second-order valence-electron chi connectivity index (χ2n) is 12.4. The van der Waals surface area contributed by atoms with Crippen molar-refractivity contribution >= 4 is 5.57 Å². The minimum atomic E-state index is 0.329. The Labute approximate surface area is 224 Å². The van der Waals surface area contributed by atoms with Gasteiger partial charge in [-0.15, -0.1) is 0 Å². The molecule has 0 aromatic heterocycles. The first-order valence-electron chi connectivity index (χ1n) is 14.0. The molecule has 0 amide bonds. The molecule has 0 saturated heterocycles. The highest BCUT2D eigenvalue weighted by Crippen LogP contribution is 2.43. The van der Waals surface area contributed by atoms with Gasteiger partial charge in [0.2, 0.25) is 0 Å². The lowest BCUT2D eigenvalue weighted by molar-refractivity contribution is 0.219.